The van der Waals surface area contributed by atoms with Crippen LogP contribution in [0.1, 0.15) is 60.8 Å². The molecule has 9 heteroatoms. The number of rotatable bonds is 8. The van der Waals surface area contributed by atoms with E-state index in [0.29, 0.717) is 19.4 Å². The van der Waals surface area contributed by atoms with Gasteiger partial charge in [-0.1, -0.05) is 0 Å². The second-order valence-electron chi connectivity index (χ2n) is 8.10. The topological polar surface area (TPSA) is 108 Å². The first-order valence-electron chi connectivity index (χ1n) is 10.7. The third kappa shape index (κ3) is 8.59. The molecule has 0 unspecified atom stereocenters. The summed E-state index contributed by atoms with van der Waals surface area (Å²) in [6.07, 6.45) is 2.06. The van der Waals surface area contributed by atoms with Gasteiger partial charge >= 0.3 is 24.0 Å². The van der Waals surface area contributed by atoms with Crippen molar-refractivity contribution in [1.82, 2.24) is 4.90 Å². The molecule has 0 bridgehead atoms. The van der Waals surface area contributed by atoms with Gasteiger partial charge in [0.15, 0.2) is 0 Å². The van der Waals surface area contributed by atoms with Crippen molar-refractivity contribution in [3.8, 4) is 0 Å². The van der Waals surface area contributed by atoms with E-state index in [2.05, 4.69) is 0 Å². The summed E-state index contributed by atoms with van der Waals surface area (Å²) >= 11 is 0. The van der Waals surface area contributed by atoms with E-state index in [1.165, 1.54) is 11.0 Å². The molecule has 0 spiro atoms. The van der Waals surface area contributed by atoms with E-state index in [0.717, 1.165) is 0 Å². The Morgan fingerprint density at radius 3 is 1.97 bits per heavy atom. The molecule has 1 rings (SSSR count). The lowest BCUT2D eigenvalue weighted by Crippen LogP contribution is -2.50. The van der Waals surface area contributed by atoms with Gasteiger partial charge < -0.3 is 23.8 Å². The lowest BCUT2D eigenvalue weighted by Gasteiger charge is -2.40. The fourth-order valence-electron chi connectivity index (χ4n) is 3.32. The highest BCUT2D eigenvalue weighted by Gasteiger charge is 2.38. The van der Waals surface area contributed by atoms with E-state index in [9.17, 15) is 19.2 Å². The van der Waals surface area contributed by atoms with E-state index in [4.69, 9.17) is 18.9 Å². The molecule has 1 heterocycles. The van der Waals surface area contributed by atoms with E-state index in [-0.39, 0.29) is 37.7 Å². The van der Waals surface area contributed by atoms with E-state index < -0.39 is 35.6 Å². The van der Waals surface area contributed by atoms with Crippen molar-refractivity contribution in [3.63, 3.8) is 0 Å². The first-order chi connectivity index (χ1) is 14.5. The Balaban J connectivity index is 3.38. The monoisotopic (exact) mass is 441 g/mol. The molecule has 0 radical (unpaired) electrons. The number of esters is 3. The molecule has 0 aromatic rings. The summed E-state index contributed by atoms with van der Waals surface area (Å²) in [4.78, 5) is 51.4. The zero-order valence-corrected chi connectivity index (χ0v) is 19.4. The second kappa shape index (κ2) is 12.3. The third-order valence-corrected chi connectivity index (χ3v) is 4.51. The number of hydrogen-bond donors (Lipinski definition) is 0. The predicted molar refractivity (Wildman–Crippen MR) is 112 cm³/mol. The number of carbonyl (C=O) groups excluding carboxylic acids is 4. The Bertz CT molecular complexity index is 659. The van der Waals surface area contributed by atoms with Gasteiger partial charge in [-0.3, -0.25) is 4.79 Å². The van der Waals surface area contributed by atoms with Crippen LogP contribution in [0.2, 0.25) is 0 Å². The number of carbonyl (C=O) groups is 4. The molecule has 2 atom stereocenters. The summed E-state index contributed by atoms with van der Waals surface area (Å²) < 4.78 is 20.6. The largest absolute Gasteiger partial charge is 0.466 e. The minimum atomic E-state index is -0.842. The number of amides is 1. The Morgan fingerprint density at radius 2 is 1.48 bits per heavy atom. The van der Waals surface area contributed by atoms with Crippen molar-refractivity contribution in [1.29, 1.82) is 0 Å². The van der Waals surface area contributed by atoms with Gasteiger partial charge in [0.2, 0.25) is 0 Å². The molecule has 1 saturated heterocycles. The Labute approximate surface area is 184 Å². The number of hydrogen-bond acceptors (Lipinski definition) is 8. The molecule has 0 aromatic carbocycles. The van der Waals surface area contributed by atoms with E-state index in [1.54, 1.807) is 41.5 Å². The zero-order chi connectivity index (χ0) is 23.6. The van der Waals surface area contributed by atoms with Crippen LogP contribution in [0.4, 0.5) is 4.79 Å². The Morgan fingerprint density at radius 1 is 0.935 bits per heavy atom. The highest BCUT2D eigenvalue weighted by Crippen LogP contribution is 2.30. The van der Waals surface area contributed by atoms with Gasteiger partial charge in [0.1, 0.15) is 11.2 Å². The maximum Gasteiger partial charge on any atom is 0.410 e. The summed E-state index contributed by atoms with van der Waals surface area (Å²) in [5, 5.41) is 0. The second-order valence-corrected chi connectivity index (χ2v) is 8.10. The van der Waals surface area contributed by atoms with E-state index >= 15 is 0 Å². The van der Waals surface area contributed by atoms with Crippen LogP contribution in [0.3, 0.4) is 0 Å². The first-order valence-corrected chi connectivity index (χ1v) is 10.7. The van der Waals surface area contributed by atoms with Crippen LogP contribution in [0.15, 0.2) is 11.6 Å². The van der Waals surface area contributed by atoms with Crippen LogP contribution in [0.25, 0.3) is 0 Å². The lowest BCUT2D eigenvalue weighted by atomic mass is 9.85. The molecule has 176 valence electrons. The molecular weight excluding hydrogens is 406 g/mol. The van der Waals surface area contributed by atoms with Gasteiger partial charge in [0.05, 0.1) is 32.3 Å². The molecule has 0 saturated carbocycles. The van der Waals surface area contributed by atoms with Gasteiger partial charge in [-0.25, -0.2) is 14.4 Å². The summed E-state index contributed by atoms with van der Waals surface area (Å²) in [5.74, 6) is -2.46. The number of piperidine rings is 1. The smallest absolute Gasteiger partial charge is 0.410 e. The van der Waals surface area contributed by atoms with Crippen LogP contribution in [0.5, 0.6) is 0 Å². The maximum atomic E-state index is 12.9. The van der Waals surface area contributed by atoms with Gasteiger partial charge in [-0.05, 0) is 66.4 Å². The standard InChI is InChI=1S/C22H35NO8/c1-7-28-18(24)13-15-11-10-12-23(21(27)31-22(4,5)6)17(15)14-16(19(25)29-8-2)20(26)30-9-3/h14-15,17H,7-13H2,1-6H3/t15-,17-/m1/s1. The zero-order valence-electron chi connectivity index (χ0n) is 19.4. The van der Waals surface area contributed by atoms with Crippen LogP contribution >= 0.6 is 0 Å². The summed E-state index contributed by atoms with van der Waals surface area (Å²) in [6, 6.07) is -0.739. The Hall–Kier alpha value is -2.58. The average Bonchev–Trinajstić information content (AvgIpc) is 2.65. The summed E-state index contributed by atoms with van der Waals surface area (Å²) in [7, 11) is 0. The fraction of sp³-hybridized carbons (Fsp3) is 0.727. The highest BCUT2D eigenvalue weighted by molar-refractivity contribution is 6.14. The molecule has 0 N–H and O–H groups in total. The summed E-state index contributed by atoms with van der Waals surface area (Å²) in [6.45, 7) is 10.9. The minimum Gasteiger partial charge on any atom is -0.466 e. The van der Waals surface area contributed by atoms with Crippen molar-refractivity contribution >= 4 is 24.0 Å². The molecular formula is C22H35NO8. The molecule has 1 fully saturated rings. The molecule has 0 aliphatic carbocycles. The molecule has 0 aromatic heterocycles. The van der Waals surface area contributed by atoms with Crippen LogP contribution < -0.4 is 0 Å². The summed E-state index contributed by atoms with van der Waals surface area (Å²) in [5.41, 5.74) is -1.04. The van der Waals surface area contributed by atoms with Crippen molar-refractivity contribution in [3.05, 3.63) is 11.6 Å². The van der Waals surface area contributed by atoms with Crippen LogP contribution in [-0.4, -0.2) is 66.9 Å². The van der Waals surface area contributed by atoms with Gasteiger partial charge in [-0.2, -0.15) is 0 Å². The number of ether oxygens (including phenoxy) is 4. The van der Waals surface area contributed by atoms with Crippen molar-refractivity contribution in [2.24, 2.45) is 5.92 Å². The first kappa shape index (κ1) is 26.5. The van der Waals surface area contributed by atoms with Gasteiger partial charge in [0, 0.05) is 6.54 Å². The normalized spacial score (nSPS) is 18.6. The van der Waals surface area contributed by atoms with Crippen molar-refractivity contribution in [2.45, 2.75) is 72.4 Å². The van der Waals surface area contributed by atoms with Crippen LogP contribution in [-0.2, 0) is 33.3 Å². The predicted octanol–water partition coefficient (Wildman–Crippen LogP) is 3.01. The highest BCUT2D eigenvalue weighted by atomic mass is 16.6. The maximum absolute atomic E-state index is 12.9. The van der Waals surface area contributed by atoms with Crippen LogP contribution in [0, 0.1) is 5.92 Å². The lowest BCUT2D eigenvalue weighted by molar-refractivity contribution is -0.147. The molecule has 1 aliphatic heterocycles. The molecule has 9 nitrogen and oxygen atoms in total. The SMILES string of the molecule is CCOC(=O)C[C@H]1CCCN(C(=O)OC(C)(C)C)[C@@H]1C=C(C(=O)OCC)C(=O)OCC. The molecule has 31 heavy (non-hydrogen) atoms. The average molecular weight is 442 g/mol. The number of likely N-dealkylation sites (tertiary alicyclic amines) is 1. The quantitative estimate of drug-likeness (QED) is 0.186. The fourth-order valence-corrected chi connectivity index (χ4v) is 3.32. The van der Waals surface area contributed by atoms with Crippen molar-refractivity contribution < 1.29 is 38.1 Å². The van der Waals surface area contributed by atoms with E-state index in [1.807, 2.05) is 0 Å². The number of nitrogens with zero attached hydrogens (tertiary/aromatic N) is 1. The van der Waals surface area contributed by atoms with Crippen molar-refractivity contribution in [2.75, 3.05) is 26.4 Å². The van der Waals surface area contributed by atoms with Gasteiger partial charge in [-0.15, -0.1) is 0 Å². The third-order valence-electron chi connectivity index (χ3n) is 4.51. The van der Waals surface area contributed by atoms with Gasteiger partial charge in [0.25, 0.3) is 0 Å². The Kier molecular flexibility index (Phi) is 10.5. The molecule has 1 aliphatic rings. The minimum absolute atomic E-state index is 0.0350. The molecule has 1 amide bonds.